The van der Waals surface area contributed by atoms with Gasteiger partial charge in [-0.25, -0.2) is 4.39 Å². The van der Waals surface area contributed by atoms with Gasteiger partial charge in [-0.2, -0.15) is 0 Å². The zero-order valence-electron chi connectivity index (χ0n) is 10.9. The fourth-order valence-electron chi connectivity index (χ4n) is 1.33. The second kappa shape index (κ2) is 9.29. The van der Waals surface area contributed by atoms with E-state index in [0.717, 1.165) is 0 Å². The van der Waals surface area contributed by atoms with Crippen molar-refractivity contribution in [2.75, 3.05) is 40.0 Å². The van der Waals surface area contributed by atoms with Gasteiger partial charge in [-0.15, -0.1) is 0 Å². The van der Waals surface area contributed by atoms with Crippen molar-refractivity contribution in [1.29, 1.82) is 0 Å². The molecular formula is C13H19FN2O3. The molecule has 0 fully saturated rings. The lowest BCUT2D eigenvalue weighted by Gasteiger charge is -2.08. The van der Waals surface area contributed by atoms with Gasteiger partial charge >= 0.3 is 0 Å². The predicted octanol–water partition coefficient (Wildman–Crippen LogP) is 0.557. The van der Waals surface area contributed by atoms with Crippen molar-refractivity contribution in [3.8, 4) is 5.75 Å². The summed E-state index contributed by atoms with van der Waals surface area (Å²) in [5.74, 6) is 0.176. The minimum absolute atomic E-state index is 0.0983. The first-order valence-corrected chi connectivity index (χ1v) is 6.07. The van der Waals surface area contributed by atoms with Crippen LogP contribution < -0.4 is 15.4 Å². The Labute approximate surface area is 112 Å². The molecule has 1 aromatic carbocycles. The summed E-state index contributed by atoms with van der Waals surface area (Å²) in [6.45, 7) is 2.20. The van der Waals surface area contributed by atoms with E-state index in [0.29, 0.717) is 32.1 Å². The molecule has 106 valence electrons. The van der Waals surface area contributed by atoms with Crippen molar-refractivity contribution < 1.29 is 18.7 Å². The van der Waals surface area contributed by atoms with Crippen LogP contribution in [0, 0.1) is 5.82 Å². The van der Waals surface area contributed by atoms with E-state index >= 15 is 0 Å². The molecule has 19 heavy (non-hydrogen) atoms. The zero-order valence-corrected chi connectivity index (χ0v) is 10.9. The second-order valence-corrected chi connectivity index (χ2v) is 3.82. The van der Waals surface area contributed by atoms with Crippen LogP contribution in [-0.4, -0.2) is 45.9 Å². The van der Waals surface area contributed by atoms with Crippen molar-refractivity contribution in [3.05, 3.63) is 30.1 Å². The number of benzene rings is 1. The molecule has 0 radical (unpaired) electrons. The van der Waals surface area contributed by atoms with Gasteiger partial charge < -0.3 is 20.1 Å². The maximum atomic E-state index is 12.6. The lowest BCUT2D eigenvalue weighted by atomic mass is 10.3. The monoisotopic (exact) mass is 270 g/mol. The SMILES string of the molecule is COCCNCC(=O)NCCOc1ccc(F)cc1. The topological polar surface area (TPSA) is 59.6 Å². The minimum atomic E-state index is -0.303. The van der Waals surface area contributed by atoms with E-state index in [9.17, 15) is 9.18 Å². The van der Waals surface area contributed by atoms with Crippen LogP contribution in [-0.2, 0) is 9.53 Å². The van der Waals surface area contributed by atoms with E-state index in [1.165, 1.54) is 12.1 Å². The number of rotatable bonds is 9. The number of nitrogens with one attached hydrogen (secondary N) is 2. The molecule has 0 heterocycles. The van der Waals surface area contributed by atoms with Gasteiger partial charge in [-0.1, -0.05) is 0 Å². The van der Waals surface area contributed by atoms with Crippen molar-refractivity contribution >= 4 is 5.91 Å². The average molecular weight is 270 g/mol. The fourth-order valence-corrected chi connectivity index (χ4v) is 1.33. The van der Waals surface area contributed by atoms with Crippen molar-refractivity contribution in [3.63, 3.8) is 0 Å². The van der Waals surface area contributed by atoms with E-state index in [4.69, 9.17) is 9.47 Å². The number of amides is 1. The molecule has 0 aliphatic carbocycles. The number of methoxy groups -OCH3 is 1. The van der Waals surface area contributed by atoms with Gasteiger partial charge in [0.05, 0.1) is 19.7 Å². The van der Waals surface area contributed by atoms with Crippen LogP contribution >= 0.6 is 0 Å². The lowest BCUT2D eigenvalue weighted by Crippen LogP contribution is -2.37. The Morgan fingerprint density at radius 2 is 1.95 bits per heavy atom. The molecular weight excluding hydrogens is 251 g/mol. The number of hydrogen-bond acceptors (Lipinski definition) is 4. The van der Waals surface area contributed by atoms with Gasteiger partial charge in [0.15, 0.2) is 0 Å². The number of carbonyl (C=O) groups is 1. The first-order chi connectivity index (χ1) is 9.22. The van der Waals surface area contributed by atoms with E-state index < -0.39 is 0 Å². The number of carbonyl (C=O) groups excluding carboxylic acids is 1. The van der Waals surface area contributed by atoms with E-state index in [2.05, 4.69) is 10.6 Å². The molecule has 0 atom stereocenters. The normalized spacial score (nSPS) is 10.2. The molecule has 5 nitrogen and oxygen atoms in total. The van der Waals surface area contributed by atoms with E-state index in [-0.39, 0.29) is 18.3 Å². The molecule has 0 spiro atoms. The fraction of sp³-hybridized carbons (Fsp3) is 0.462. The zero-order chi connectivity index (χ0) is 13.9. The summed E-state index contributed by atoms with van der Waals surface area (Å²) in [5.41, 5.74) is 0. The van der Waals surface area contributed by atoms with Crippen LogP contribution in [0.5, 0.6) is 5.75 Å². The molecule has 1 amide bonds. The first kappa shape index (κ1) is 15.4. The molecule has 0 aromatic heterocycles. The third-order valence-electron chi connectivity index (χ3n) is 2.28. The molecule has 1 aromatic rings. The Morgan fingerprint density at radius 3 is 2.63 bits per heavy atom. The summed E-state index contributed by atoms with van der Waals surface area (Å²) < 4.78 is 22.8. The highest BCUT2D eigenvalue weighted by Gasteiger charge is 2.00. The molecule has 0 unspecified atom stereocenters. The summed E-state index contributed by atoms with van der Waals surface area (Å²) in [7, 11) is 1.61. The van der Waals surface area contributed by atoms with E-state index in [1.54, 1.807) is 19.2 Å². The van der Waals surface area contributed by atoms with Gasteiger partial charge in [0, 0.05) is 13.7 Å². The van der Waals surface area contributed by atoms with Crippen molar-refractivity contribution in [2.24, 2.45) is 0 Å². The molecule has 1 rings (SSSR count). The Kier molecular flexibility index (Phi) is 7.53. The summed E-state index contributed by atoms with van der Waals surface area (Å²) in [6.07, 6.45) is 0. The van der Waals surface area contributed by atoms with E-state index in [1.807, 2.05) is 0 Å². The van der Waals surface area contributed by atoms with Gasteiger partial charge in [0.2, 0.25) is 5.91 Å². The van der Waals surface area contributed by atoms with Crippen molar-refractivity contribution in [2.45, 2.75) is 0 Å². The minimum Gasteiger partial charge on any atom is -0.492 e. The highest BCUT2D eigenvalue weighted by Crippen LogP contribution is 2.10. The van der Waals surface area contributed by atoms with Gasteiger partial charge in [0.1, 0.15) is 18.2 Å². The van der Waals surface area contributed by atoms with Crippen LogP contribution in [0.15, 0.2) is 24.3 Å². The van der Waals surface area contributed by atoms with Gasteiger partial charge in [-0.3, -0.25) is 4.79 Å². The van der Waals surface area contributed by atoms with Crippen molar-refractivity contribution in [1.82, 2.24) is 10.6 Å². The molecule has 0 saturated carbocycles. The Morgan fingerprint density at radius 1 is 1.21 bits per heavy atom. The average Bonchev–Trinajstić information content (AvgIpc) is 2.42. The smallest absolute Gasteiger partial charge is 0.234 e. The second-order valence-electron chi connectivity index (χ2n) is 3.82. The first-order valence-electron chi connectivity index (χ1n) is 6.07. The number of hydrogen-bond donors (Lipinski definition) is 2. The number of ether oxygens (including phenoxy) is 2. The van der Waals surface area contributed by atoms with Crippen LogP contribution in [0.25, 0.3) is 0 Å². The molecule has 2 N–H and O–H groups in total. The largest absolute Gasteiger partial charge is 0.492 e. The molecule has 0 aliphatic heterocycles. The summed E-state index contributed by atoms with van der Waals surface area (Å²) in [6, 6.07) is 5.74. The highest BCUT2D eigenvalue weighted by molar-refractivity contribution is 5.77. The van der Waals surface area contributed by atoms with Crippen LogP contribution in [0.4, 0.5) is 4.39 Å². The molecule has 0 aliphatic rings. The third kappa shape index (κ3) is 7.38. The summed E-state index contributed by atoms with van der Waals surface area (Å²) in [5, 5.41) is 5.63. The Balaban J connectivity index is 2.03. The maximum Gasteiger partial charge on any atom is 0.234 e. The van der Waals surface area contributed by atoms with Crippen LogP contribution in [0.3, 0.4) is 0 Å². The Bertz CT molecular complexity index is 371. The highest BCUT2D eigenvalue weighted by atomic mass is 19.1. The Hall–Kier alpha value is -1.66. The van der Waals surface area contributed by atoms with Gasteiger partial charge in [-0.05, 0) is 24.3 Å². The lowest BCUT2D eigenvalue weighted by molar-refractivity contribution is -0.120. The van der Waals surface area contributed by atoms with Crippen LogP contribution in [0.2, 0.25) is 0 Å². The third-order valence-corrected chi connectivity index (χ3v) is 2.28. The summed E-state index contributed by atoms with van der Waals surface area (Å²) >= 11 is 0. The number of halogens is 1. The summed E-state index contributed by atoms with van der Waals surface area (Å²) in [4.78, 5) is 11.3. The van der Waals surface area contributed by atoms with Gasteiger partial charge in [0.25, 0.3) is 0 Å². The molecule has 0 bridgehead atoms. The molecule has 6 heteroatoms. The predicted molar refractivity (Wildman–Crippen MR) is 69.7 cm³/mol. The maximum absolute atomic E-state index is 12.6. The standard InChI is InChI=1S/C13H19FN2O3/c1-18-8-6-15-10-13(17)16-7-9-19-12-4-2-11(14)3-5-12/h2-5,15H,6-10H2,1H3,(H,16,17). The van der Waals surface area contributed by atoms with Crippen LogP contribution in [0.1, 0.15) is 0 Å². The molecule has 0 saturated heterocycles. The quantitative estimate of drug-likeness (QED) is 0.644.